The van der Waals surface area contributed by atoms with Gasteiger partial charge in [0, 0.05) is 5.41 Å². The molecule has 0 saturated heterocycles. The summed E-state index contributed by atoms with van der Waals surface area (Å²) >= 11 is 0. The van der Waals surface area contributed by atoms with Crippen molar-refractivity contribution in [3.8, 4) is 0 Å². The van der Waals surface area contributed by atoms with Crippen LogP contribution in [-0.2, 0) is 21.5 Å². The number of ether oxygens (including phenoxy) is 1. The normalized spacial score (nSPS) is 19.8. The van der Waals surface area contributed by atoms with Crippen LogP contribution in [0.25, 0.3) is 0 Å². The molecule has 0 aliphatic heterocycles. The van der Waals surface area contributed by atoms with Crippen LogP contribution in [0.3, 0.4) is 0 Å². The van der Waals surface area contributed by atoms with Crippen molar-refractivity contribution in [1.82, 2.24) is 15.0 Å². The molecule has 1 aromatic rings. The van der Waals surface area contributed by atoms with Crippen molar-refractivity contribution < 1.29 is 9.53 Å². The number of rotatable bonds is 3. The summed E-state index contributed by atoms with van der Waals surface area (Å²) in [4.78, 5) is 12.2. The maximum atomic E-state index is 12.2. The third-order valence-corrected chi connectivity index (χ3v) is 4.37. The van der Waals surface area contributed by atoms with Gasteiger partial charge < -0.3 is 4.74 Å². The second kappa shape index (κ2) is 6.71. The van der Waals surface area contributed by atoms with E-state index in [1.807, 2.05) is 25.5 Å². The van der Waals surface area contributed by atoms with E-state index < -0.39 is 0 Å². The highest BCUT2D eigenvalue weighted by molar-refractivity contribution is 5.84. The van der Waals surface area contributed by atoms with Gasteiger partial charge in [-0.15, -0.1) is 5.10 Å². The van der Waals surface area contributed by atoms with Crippen molar-refractivity contribution >= 4 is 5.78 Å². The Morgan fingerprint density at radius 2 is 1.87 bits per heavy atom. The van der Waals surface area contributed by atoms with E-state index in [-0.39, 0.29) is 29.4 Å². The molecule has 1 aromatic heterocycles. The summed E-state index contributed by atoms with van der Waals surface area (Å²) < 4.78 is 8.02. The first kappa shape index (κ1) is 18.1. The molecular formula is C18H31N3O2. The Morgan fingerprint density at radius 3 is 2.48 bits per heavy atom. The van der Waals surface area contributed by atoms with Gasteiger partial charge >= 0.3 is 0 Å². The van der Waals surface area contributed by atoms with Crippen LogP contribution in [0.1, 0.15) is 84.7 Å². The molecule has 1 unspecified atom stereocenters. The van der Waals surface area contributed by atoms with Gasteiger partial charge in [-0.3, -0.25) is 4.79 Å². The second-order valence-electron chi connectivity index (χ2n) is 8.58. The predicted molar refractivity (Wildman–Crippen MR) is 90.3 cm³/mol. The Morgan fingerprint density at radius 1 is 1.17 bits per heavy atom. The summed E-state index contributed by atoms with van der Waals surface area (Å²) in [6.45, 7) is 12.4. The smallest absolute Gasteiger partial charge is 0.163 e. The van der Waals surface area contributed by atoms with Crippen LogP contribution in [0.15, 0.2) is 0 Å². The van der Waals surface area contributed by atoms with Crippen LogP contribution in [0.5, 0.6) is 0 Å². The molecule has 0 radical (unpaired) electrons. The van der Waals surface area contributed by atoms with Gasteiger partial charge in [-0.2, -0.15) is 0 Å². The number of carbonyl (C=O) groups excluding carboxylic acids is 1. The lowest BCUT2D eigenvalue weighted by Gasteiger charge is -2.25. The molecule has 0 fully saturated rings. The molecule has 130 valence electrons. The number of carbonyl (C=O) groups is 1. The van der Waals surface area contributed by atoms with E-state index in [2.05, 4.69) is 31.1 Å². The first-order valence-corrected chi connectivity index (χ1v) is 8.70. The van der Waals surface area contributed by atoms with E-state index in [4.69, 9.17) is 4.74 Å². The maximum Gasteiger partial charge on any atom is 0.163 e. The number of fused-ring (bicyclic) bond motifs is 1. The fourth-order valence-electron chi connectivity index (χ4n) is 2.83. The van der Waals surface area contributed by atoms with E-state index in [0.717, 1.165) is 31.4 Å². The zero-order valence-electron chi connectivity index (χ0n) is 15.5. The first-order valence-electron chi connectivity index (χ1n) is 8.70. The number of nitrogens with zero attached hydrogens (tertiary/aromatic N) is 3. The quantitative estimate of drug-likeness (QED) is 0.849. The van der Waals surface area contributed by atoms with Crippen molar-refractivity contribution in [1.29, 1.82) is 0 Å². The summed E-state index contributed by atoms with van der Waals surface area (Å²) in [5.41, 5.74) is 1.64. The van der Waals surface area contributed by atoms with Gasteiger partial charge in [-0.25, -0.2) is 4.68 Å². The molecule has 2 rings (SSSR count). The van der Waals surface area contributed by atoms with Crippen molar-refractivity contribution in [3.63, 3.8) is 0 Å². The number of ketones is 1. The molecule has 5 nitrogen and oxygen atoms in total. The highest BCUT2D eigenvalue weighted by atomic mass is 16.5. The molecule has 0 amide bonds. The Hall–Kier alpha value is -1.23. The van der Waals surface area contributed by atoms with Gasteiger partial charge in [0.05, 0.1) is 11.2 Å². The minimum atomic E-state index is -0.368. The summed E-state index contributed by atoms with van der Waals surface area (Å²) in [5, 5.41) is 8.80. The lowest BCUT2D eigenvalue weighted by atomic mass is 9.91. The van der Waals surface area contributed by atoms with E-state index in [9.17, 15) is 4.79 Å². The van der Waals surface area contributed by atoms with Crippen LogP contribution in [-0.4, -0.2) is 27.4 Å². The molecule has 0 saturated carbocycles. The number of Topliss-reactive ketones (excluding diaryl/α,β-unsaturated/α-hetero) is 1. The monoisotopic (exact) mass is 321 g/mol. The Labute approximate surface area is 139 Å². The van der Waals surface area contributed by atoms with E-state index in [1.165, 1.54) is 12.1 Å². The number of aromatic nitrogens is 3. The third-order valence-electron chi connectivity index (χ3n) is 4.37. The van der Waals surface area contributed by atoms with Crippen LogP contribution in [0.2, 0.25) is 0 Å². The standard InChI is InChI=1S/C18H31N3O2/c1-17(2,3)15(22)12-23-14-11-9-7-8-10-13-16(14)19-20-21(13)18(4,5)6/h14H,7-12H2,1-6H3. The van der Waals surface area contributed by atoms with E-state index in [0.29, 0.717) is 0 Å². The minimum absolute atomic E-state index is 0.0917. The molecular weight excluding hydrogens is 290 g/mol. The van der Waals surface area contributed by atoms with Crippen LogP contribution >= 0.6 is 0 Å². The van der Waals surface area contributed by atoms with Gasteiger partial charge in [-0.1, -0.05) is 38.8 Å². The molecule has 0 spiro atoms. The van der Waals surface area contributed by atoms with Crippen LogP contribution in [0, 0.1) is 5.41 Å². The third kappa shape index (κ3) is 4.40. The molecule has 0 N–H and O–H groups in total. The average Bonchev–Trinajstić information content (AvgIpc) is 2.80. The SMILES string of the molecule is CC(C)(C)C(=O)COC1CCCCCc2c1nnn2C(C)(C)C. The molecule has 23 heavy (non-hydrogen) atoms. The van der Waals surface area contributed by atoms with Crippen molar-refractivity contribution in [2.75, 3.05) is 6.61 Å². The predicted octanol–water partition coefficient (Wildman–Crippen LogP) is 3.82. The number of hydrogen-bond donors (Lipinski definition) is 0. The summed E-state index contributed by atoms with van der Waals surface area (Å²) in [5.74, 6) is 0.129. The zero-order valence-corrected chi connectivity index (χ0v) is 15.5. The first-order chi connectivity index (χ1) is 10.6. The minimum Gasteiger partial charge on any atom is -0.364 e. The molecule has 1 aliphatic rings. The fourth-order valence-corrected chi connectivity index (χ4v) is 2.83. The molecule has 1 heterocycles. The van der Waals surface area contributed by atoms with Gasteiger partial charge in [0.1, 0.15) is 18.4 Å². The van der Waals surface area contributed by atoms with E-state index >= 15 is 0 Å². The molecule has 0 bridgehead atoms. The van der Waals surface area contributed by atoms with Gasteiger partial charge in [0.2, 0.25) is 0 Å². The van der Waals surface area contributed by atoms with Crippen molar-refractivity contribution in [3.05, 3.63) is 11.4 Å². The van der Waals surface area contributed by atoms with Crippen molar-refractivity contribution in [2.45, 2.75) is 85.3 Å². The molecule has 5 heteroatoms. The lowest BCUT2D eigenvalue weighted by molar-refractivity contribution is -0.133. The molecule has 0 aromatic carbocycles. The van der Waals surface area contributed by atoms with Gasteiger partial charge in [-0.05, 0) is 40.0 Å². The second-order valence-corrected chi connectivity index (χ2v) is 8.58. The van der Waals surface area contributed by atoms with Gasteiger partial charge in [0.25, 0.3) is 0 Å². The zero-order chi connectivity index (χ0) is 17.3. The molecule has 1 aliphatic carbocycles. The van der Waals surface area contributed by atoms with Gasteiger partial charge in [0.15, 0.2) is 5.78 Å². The number of hydrogen-bond acceptors (Lipinski definition) is 4. The highest BCUT2D eigenvalue weighted by Crippen LogP contribution is 2.31. The van der Waals surface area contributed by atoms with Crippen LogP contribution < -0.4 is 0 Å². The molecule has 1 atom stereocenters. The summed E-state index contributed by atoms with van der Waals surface area (Å²) in [6, 6.07) is 0. The van der Waals surface area contributed by atoms with E-state index in [1.54, 1.807) is 0 Å². The maximum absolute atomic E-state index is 12.2. The Bertz CT molecular complexity index is 550. The topological polar surface area (TPSA) is 57.0 Å². The largest absolute Gasteiger partial charge is 0.364 e. The Balaban J connectivity index is 2.22. The lowest BCUT2D eigenvalue weighted by Crippen LogP contribution is -2.27. The van der Waals surface area contributed by atoms with Crippen molar-refractivity contribution in [2.24, 2.45) is 5.41 Å². The average molecular weight is 321 g/mol. The summed E-state index contributed by atoms with van der Waals surface area (Å²) in [7, 11) is 0. The Kier molecular flexibility index (Phi) is 5.29. The fraction of sp³-hybridized carbons (Fsp3) is 0.833. The highest BCUT2D eigenvalue weighted by Gasteiger charge is 2.29. The van der Waals surface area contributed by atoms with Crippen LogP contribution in [0.4, 0.5) is 0 Å². The summed E-state index contributed by atoms with van der Waals surface area (Å²) in [6.07, 6.45) is 5.22.